The predicted octanol–water partition coefficient (Wildman–Crippen LogP) is 2.83. The number of carbonyl (C=O) groups excluding carboxylic acids is 1. The molecular weight excluding hydrogens is 262 g/mol. The lowest BCUT2D eigenvalue weighted by Gasteiger charge is -2.15. The second kappa shape index (κ2) is 5.33. The van der Waals surface area contributed by atoms with Crippen molar-refractivity contribution in [2.45, 2.75) is 32.6 Å². The van der Waals surface area contributed by atoms with E-state index in [1.807, 2.05) is 12.1 Å². The minimum atomic E-state index is 0.0503. The van der Waals surface area contributed by atoms with Crippen LogP contribution in [0.2, 0.25) is 0 Å². The average molecular weight is 281 g/mol. The minimum absolute atomic E-state index is 0.0503. The number of rotatable bonds is 3. The molecule has 2 aliphatic rings. The second-order valence-corrected chi connectivity index (χ2v) is 6.30. The fourth-order valence-electron chi connectivity index (χ4n) is 3.73. The molecule has 1 amide bonds. The molecule has 2 saturated carbocycles. The summed E-state index contributed by atoms with van der Waals surface area (Å²) >= 11 is 0. The first-order valence-electron chi connectivity index (χ1n) is 7.48. The highest BCUT2D eigenvalue weighted by Crippen LogP contribution is 2.66. The van der Waals surface area contributed by atoms with E-state index in [1.54, 1.807) is 18.3 Å². The molecule has 2 aliphatic carbocycles. The van der Waals surface area contributed by atoms with Gasteiger partial charge in [0.15, 0.2) is 0 Å². The minimum Gasteiger partial charge on any atom is -0.273 e. The second-order valence-electron chi connectivity index (χ2n) is 6.30. The van der Waals surface area contributed by atoms with E-state index in [0.717, 1.165) is 12.0 Å². The first-order valence-corrected chi connectivity index (χ1v) is 7.48. The van der Waals surface area contributed by atoms with Crippen LogP contribution in [0, 0.1) is 28.6 Å². The van der Waals surface area contributed by atoms with Crippen molar-refractivity contribution in [2.75, 3.05) is 0 Å². The smallest absolute Gasteiger partial charge is 0.244 e. The third kappa shape index (κ3) is 2.56. The number of carbonyl (C=O) groups is 1. The third-order valence-electron chi connectivity index (χ3n) is 5.04. The quantitative estimate of drug-likeness (QED) is 0.684. The molecule has 3 atom stereocenters. The van der Waals surface area contributed by atoms with Crippen molar-refractivity contribution in [2.24, 2.45) is 22.4 Å². The normalized spacial score (nSPS) is 30.5. The summed E-state index contributed by atoms with van der Waals surface area (Å²) in [5, 5.41) is 12.8. The average Bonchev–Trinajstić information content (AvgIpc) is 3.13. The van der Waals surface area contributed by atoms with E-state index < -0.39 is 0 Å². The van der Waals surface area contributed by atoms with E-state index in [0.29, 0.717) is 11.5 Å². The van der Waals surface area contributed by atoms with Crippen LogP contribution in [0.3, 0.4) is 0 Å². The monoisotopic (exact) mass is 281 g/mol. The Bertz CT molecular complexity index is 614. The van der Waals surface area contributed by atoms with Crippen molar-refractivity contribution in [1.29, 1.82) is 5.26 Å². The van der Waals surface area contributed by atoms with Gasteiger partial charge in [0.05, 0.1) is 17.8 Å². The van der Waals surface area contributed by atoms with Crippen LogP contribution in [0.4, 0.5) is 0 Å². The number of fused-ring (bicyclic) bond motifs is 1. The zero-order valence-corrected chi connectivity index (χ0v) is 12.2. The van der Waals surface area contributed by atoms with Gasteiger partial charge in [-0.15, -0.1) is 0 Å². The van der Waals surface area contributed by atoms with Gasteiger partial charge in [-0.2, -0.15) is 10.4 Å². The number of hydrogen-bond donors (Lipinski definition) is 1. The van der Waals surface area contributed by atoms with E-state index in [2.05, 4.69) is 23.5 Å². The maximum Gasteiger partial charge on any atom is 0.244 e. The summed E-state index contributed by atoms with van der Waals surface area (Å²) in [4.78, 5) is 12.2. The summed E-state index contributed by atoms with van der Waals surface area (Å²) in [6.07, 6.45) is 6.44. The molecule has 3 rings (SSSR count). The number of benzene rings is 1. The van der Waals surface area contributed by atoms with Crippen LogP contribution in [-0.2, 0) is 4.79 Å². The first-order chi connectivity index (χ1) is 10.1. The highest BCUT2D eigenvalue weighted by atomic mass is 16.2. The lowest BCUT2D eigenvalue weighted by Crippen LogP contribution is -2.22. The van der Waals surface area contributed by atoms with Gasteiger partial charge in [0.2, 0.25) is 5.91 Å². The SMILES string of the molecule is C[C@@]12CCCC[C@@H]1[C@@H]2C(=O)N/N=C\c1ccc(C#N)cc1. The van der Waals surface area contributed by atoms with Gasteiger partial charge in [-0.3, -0.25) is 4.79 Å². The summed E-state index contributed by atoms with van der Waals surface area (Å²) in [7, 11) is 0. The van der Waals surface area contributed by atoms with Crippen LogP contribution < -0.4 is 5.43 Å². The Morgan fingerprint density at radius 1 is 1.43 bits per heavy atom. The van der Waals surface area contributed by atoms with Crippen molar-refractivity contribution in [3.8, 4) is 6.07 Å². The van der Waals surface area contributed by atoms with Crippen molar-refractivity contribution in [3.05, 3.63) is 35.4 Å². The molecule has 2 fully saturated rings. The summed E-state index contributed by atoms with van der Waals surface area (Å²) in [5.74, 6) is 0.740. The maximum absolute atomic E-state index is 12.2. The van der Waals surface area contributed by atoms with Gasteiger partial charge < -0.3 is 0 Å². The van der Waals surface area contributed by atoms with Crippen LogP contribution >= 0.6 is 0 Å². The summed E-state index contributed by atoms with van der Waals surface area (Å²) in [5.41, 5.74) is 4.37. The number of hydrazone groups is 1. The van der Waals surface area contributed by atoms with Crippen LogP contribution in [0.25, 0.3) is 0 Å². The number of nitriles is 1. The fraction of sp³-hybridized carbons (Fsp3) is 0.471. The Hall–Kier alpha value is -2.15. The van der Waals surface area contributed by atoms with Gasteiger partial charge in [-0.25, -0.2) is 5.43 Å². The Morgan fingerprint density at radius 3 is 2.81 bits per heavy atom. The third-order valence-corrected chi connectivity index (χ3v) is 5.04. The fourth-order valence-corrected chi connectivity index (χ4v) is 3.73. The molecule has 21 heavy (non-hydrogen) atoms. The van der Waals surface area contributed by atoms with E-state index >= 15 is 0 Å². The molecule has 0 aliphatic heterocycles. The molecule has 1 aromatic carbocycles. The van der Waals surface area contributed by atoms with Crippen molar-refractivity contribution < 1.29 is 4.79 Å². The predicted molar refractivity (Wildman–Crippen MR) is 80.4 cm³/mol. The Kier molecular flexibility index (Phi) is 3.50. The number of amides is 1. The molecule has 4 nitrogen and oxygen atoms in total. The van der Waals surface area contributed by atoms with E-state index in [4.69, 9.17) is 5.26 Å². The molecular formula is C17H19N3O. The van der Waals surface area contributed by atoms with Crippen LogP contribution in [0.15, 0.2) is 29.4 Å². The summed E-state index contributed by atoms with van der Waals surface area (Å²) in [6.45, 7) is 2.23. The Morgan fingerprint density at radius 2 is 2.19 bits per heavy atom. The Balaban J connectivity index is 1.56. The van der Waals surface area contributed by atoms with Gasteiger partial charge in [0, 0.05) is 5.92 Å². The number of nitrogens with zero attached hydrogens (tertiary/aromatic N) is 2. The van der Waals surface area contributed by atoms with Crippen LogP contribution in [0.1, 0.15) is 43.7 Å². The zero-order chi connectivity index (χ0) is 14.9. The van der Waals surface area contributed by atoms with E-state index in [9.17, 15) is 4.79 Å². The van der Waals surface area contributed by atoms with Gasteiger partial charge in [0.1, 0.15) is 0 Å². The van der Waals surface area contributed by atoms with Gasteiger partial charge in [-0.1, -0.05) is 31.9 Å². The molecule has 0 spiro atoms. The molecule has 4 heteroatoms. The molecule has 0 unspecified atom stereocenters. The molecule has 1 N–H and O–H groups in total. The van der Waals surface area contributed by atoms with Gasteiger partial charge >= 0.3 is 0 Å². The molecule has 0 bridgehead atoms. The highest BCUT2D eigenvalue weighted by Gasteiger charge is 2.64. The van der Waals surface area contributed by atoms with E-state index in [1.165, 1.54) is 19.3 Å². The largest absolute Gasteiger partial charge is 0.273 e. The standard InChI is InChI=1S/C17H19N3O/c1-17-9-3-2-4-14(17)15(17)16(21)20-19-11-13-7-5-12(10-18)6-8-13/h5-8,11,14-15H,2-4,9H2,1H3,(H,20,21)/b19-11-/t14-,15-,17-/m1/s1. The molecule has 108 valence electrons. The lowest BCUT2D eigenvalue weighted by atomic mass is 9.90. The molecule has 1 aromatic rings. The highest BCUT2D eigenvalue weighted by molar-refractivity contribution is 5.85. The number of hydrogen-bond acceptors (Lipinski definition) is 3. The topological polar surface area (TPSA) is 65.2 Å². The first kappa shape index (κ1) is 13.8. The van der Waals surface area contributed by atoms with Crippen LogP contribution in [0.5, 0.6) is 0 Å². The van der Waals surface area contributed by atoms with E-state index in [-0.39, 0.29) is 17.2 Å². The van der Waals surface area contributed by atoms with Crippen LogP contribution in [-0.4, -0.2) is 12.1 Å². The van der Waals surface area contributed by atoms with Crippen molar-refractivity contribution in [1.82, 2.24) is 5.43 Å². The summed E-state index contributed by atoms with van der Waals surface area (Å²) in [6, 6.07) is 9.17. The Labute approximate surface area is 124 Å². The molecule has 0 saturated heterocycles. The zero-order valence-electron chi connectivity index (χ0n) is 12.2. The van der Waals surface area contributed by atoms with Crippen molar-refractivity contribution >= 4 is 12.1 Å². The van der Waals surface area contributed by atoms with Gasteiger partial charge in [0.25, 0.3) is 0 Å². The molecule has 0 radical (unpaired) electrons. The molecule has 0 aromatic heterocycles. The van der Waals surface area contributed by atoms with Gasteiger partial charge in [-0.05, 0) is 41.9 Å². The summed E-state index contributed by atoms with van der Waals surface area (Å²) < 4.78 is 0. The lowest BCUT2D eigenvalue weighted by molar-refractivity contribution is -0.123. The number of nitrogens with one attached hydrogen (secondary N) is 1. The maximum atomic E-state index is 12.2. The molecule has 0 heterocycles. The van der Waals surface area contributed by atoms with Crippen molar-refractivity contribution in [3.63, 3.8) is 0 Å².